The molecule has 0 N–H and O–H groups in total. The van der Waals surface area contributed by atoms with Gasteiger partial charge >= 0.3 is 0 Å². The smallest absolute Gasteiger partial charge is 0.258 e. The molecule has 2 aromatic rings. The lowest BCUT2D eigenvalue weighted by atomic mass is 10.0. The number of amides is 1. The maximum atomic E-state index is 12.4. The zero-order valence-corrected chi connectivity index (χ0v) is 13.3. The van der Waals surface area contributed by atoms with Crippen LogP contribution in [-0.2, 0) is 4.74 Å². The number of para-hydroxylation sites is 1. The number of carbonyl (C=O) groups excluding carboxylic acids is 1. The van der Waals surface area contributed by atoms with Crippen molar-refractivity contribution < 1.29 is 18.8 Å². The maximum absolute atomic E-state index is 12.4. The van der Waals surface area contributed by atoms with Crippen LogP contribution in [0.5, 0.6) is 5.75 Å². The van der Waals surface area contributed by atoms with Crippen molar-refractivity contribution >= 4 is 5.91 Å². The van der Waals surface area contributed by atoms with Crippen LogP contribution in [0.15, 0.2) is 41.2 Å². The fourth-order valence-electron chi connectivity index (χ4n) is 2.78. The zero-order chi connectivity index (χ0) is 16.3. The van der Waals surface area contributed by atoms with Crippen LogP contribution in [0.4, 0.5) is 0 Å². The van der Waals surface area contributed by atoms with E-state index >= 15 is 0 Å². The molecule has 1 atom stereocenters. The van der Waals surface area contributed by atoms with Crippen LogP contribution in [0.25, 0.3) is 0 Å². The number of nitrogens with zero attached hydrogens (tertiary/aromatic N) is 2. The second kappa shape index (κ2) is 6.42. The van der Waals surface area contributed by atoms with Gasteiger partial charge in [0.05, 0.1) is 18.3 Å². The number of ether oxygens (including phenoxy) is 2. The Bertz CT molecular complexity index is 671. The Morgan fingerprint density at radius 3 is 2.96 bits per heavy atom. The molecule has 1 fully saturated rings. The average Bonchev–Trinajstić information content (AvgIpc) is 3.24. The number of carbonyl (C=O) groups is 1. The van der Waals surface area contributed by atoms with Crippen molar-refractivity contribution in [2.75, 3.05) is 26.8 Å². The van der Waals surface area contributed by atoms with Gasteiger partial charge in [0.25, 0.3) is 5.91 Å². The number of benzene rings is 1. The molecule has 1 amide bonds. The van der Waals surface area contributed by atoms with Crippen molar-refractivity contribution in [1.82, 2.24) is 10.1 Å². The fourth-order valence-corrected chi connectivity index (χ4v) is 2.78. The minimum absolute atomic E-state index is 0.0962. The van der Waals surface area contributed by atoms with E-state index in [1.807, 2.05) is 31.2 Å². The van der Waals surface area contributed by atoms with E-state index in [1.165, 1.54) is 12.5 Å². The molecule has 0 radical (unpaired) electrons. The molecule has 2 heterocycles. The number of aryl methyl sites for hydroxylation is 1. The Kier molecular flexibility index (Phi) is 4.34. The lowest BCUT2D eigenvalue weighted by Crippen LogP contribution is -2.42. The third kappa shape index (κ3) is 3.22. The number of hydrogen-bond donors (Lipinski definition) is 0. The molecule has 1 aliphatic heterocycles. The van der Waals surface area contributed by atoms with Crippen molar-refractivity contribution in [3.63, 3.8) is 0 Å². The Morgan fingerprint density at radius 1 is 1.43 bits per heavy atom. The van der Waals surface area contributed by atoms with Gasteiger partial charge in [0.1, 0.15) is 24.2 Å². The third-order valence-electron chi connectivity index (χ3n) is 4.30. The molecular weight excluding hydrogens is 296 g/mol. The van der Waals surface area contributed by atoms with E-state index in [1.54, 1.807) is 12.0 Å². The second-order valence-electron chi connectivity index (χ2n) is 5.83. The lowest BCUT2D eigenvalue weighted by Gasteiger charge is -2.28. The first kappa shape index (κ1) is 15.6. The standard InChI is InChI=1S/C17H20N2O4/c1-13-5-3-4-6-15(13)22-12-17(21-2)7-8-19(11-17)16(20)14-9-18-23-10-14/h3-6,9-10H,7-8,11-12H2,1-2H3/t17-/m0/s1. The van der Waals surface area contributed by atoms with Crippen molar-refractivity contribution in [2.24, 2.45) is 0 Å². The summed E-state index contributed by atoms with van der Waals surface area (Å²) in [7, 11) is 1.66. The molecule has 1 aromatic heterocycles. The van der Waals surface area contributed by atoms with Gasteiger partial charge in [-0.2, -0.15) is 0 Å². The summed E-state index contributed by atoms with van der Waals surface area (Å²) >= 11 is 0. The molecule has 122 valence electrons. The van der Waals surface area contributed by atoms with Crippen molar-refractivity contribution in [3.05, 3.63) is 47.9 Å². The van der Waals surface area contributed by atoms with Gasteiger partial charge in [0.15, 0.2) is 0 Å². The van der Waals surface area contributed by atoms with Gasteiger partial charge in [-0.25, -0.2) is 0 Å². The van der Waals surface area contributed by atoms with Crippen LogP contribution in [-0.4, -0.2) is 48.4 Å². The lowest BCUT2D eigenvalue weighted by molar-refractivity contribution is -0.0344. The minimum Gasteiger partial charge on any atom is -0.490 e. The number of hydrogen-bond acceptors (Lipinski definition) is 5. The van der Waals surface area contributed by atoms with E-state index in [9.17, 15) is 4.79 Å². The highest BCUT2D eigenvalue weighted by Crippen LogP contribution is 2.28. The van der Waals surface area contributed by atoms with Gasteiger partial charge in [0, 0.05) is 13.7 Å². The number of methoxy groups -OCH3 is 1. The van der Waals surface area contributed by atoms with Gasteiger partial charge in [-0.15, -0.1) is 0 Å². The summed E-state index contributed by atoms with van der Waals surface area (Å²) in [4.78, 5) is 14.1. The highest BCUT2D eigenvalue weighted by molar-refractivity contribution is 5.93. The Morgan fingerprint density at radius 2 is 2.26 bits per heavy atom. The van der Waals surface area contributed by atoms with E-state index < -0.39 is 5.60 Å². The van der Waals surface area contributed by atoms with Gasteiger partial charge in [0.2, 0.25) is 0 Å². The molecule has 6 nitrogen and oxygen atoms in total. The second-order valence-corrected chi connectivity index (χ2v) is 5.83. The first-order valence-corrected chi connectivity index (χ1v) is 7.56. The normalized spacial score (nSPS) is 20.7. The molecular formula is C17H20N2O4. The Labute approximate surface area is 135 Å². The molecule has 1 saturated heterocycles. The third-order valence-corrected chi connectivity index (χ3v) is 4.30. The monoisotopic (exact) mass is 316 g/mol. The van der Waals surface area contributed by atoms with Crippen LogP contribution in [0, 0.1) is 6.92 Å². The molecule has 0 saturated carbocycles. The van der Waals surface area contributed by atoms with E-state index in [4.69, 9.17) is 14.0 Å². The van der Waals surface area contributed by atoms with Gasteiger partial charge in [-0.05, 0) is 25.0 Å². The highest BCUT2D eigenvalue weighted by Gasteiger charge is 2.41. The van der Waals surface area contributed by atoms with Crippen molar-refractivity contribution in [3.8, 4) is 5.75 Å². The van der Waals surface area contributed by atoms with Crippen molar-refractivity contribution in [1.29, 1.82) is 0 Å². The minimum atomic E-state index is -0.491. The number of aromatic nitrogens is 1. The van der Waals surface area contributed by atoms with E-state index in [0.717, 1.165) is 17.7 Å². The Hall–Kier alpha value is -2.34. The summed E-state index contributed by atoms with van der Waals surface area (Å²) in [6.45, 7) is 3.52. The average molecular weight is 316 g/mol. The molecule has 0 bridgehead atoms. The molecule has 23 heavy (non-hydrogen) atoms. The molecule has 1 aliphatic rings. The molecule has 6 heteroatoms. The highest BCUT2D eigenvalue weighted by atomic mass is 16.5. The summed E-state index contributed by atoms with van der Waals surface area (Å²) in [5, 5.41) is 3.58. The summed E-state index contributed by atoms with van der Waals surface area (Å²) in [6.07, 6.45) is 3.52. The number of rotatable bonds is 5. The summed E-state index contributed by atoms with van der Waals surface area (Å²) in [5.41, 5.74) is 1.04. The van der Waals surface area contributed by atoms with Crippen LogP contribution in [0.2, 0.25) is 0 Å². The molecule has 0 aliphatic carbocycles. The van der Waals surface area contributed by atoms with Gasteiger partial charge < -0.3 is 18.9 Å². The van der Waals surface area contributed by atoms with Crippen LogP contribution in [0.1, 0.15) is 22.3 Å². The van der Waals surface area contributed by atoms with Crippen LogP contribution >= 0.6 is 0 Å². The maximum Gasteiger partial charge on any atom is 0.258 e. The van der Waals surface area contributed by atoms with Gasteiger partial charge in [-0.3, -0.25) is 4.79 Å². The fraction of sp³-hybridized carbons (Fsp3) is 0.412. The predicted octanol–water partition coefficient (Wildman–Crippen LogP) is 2.29. The van der Waals surface area contributed by atoms with E-state index in [2.05, 4.69) is 5.16 Å². The first-order valence-electron chi connectivity index (χ1n) is 7.56. The summed E-state index contributed by atoms with van der Waals surface area (Å²) in [6, 6.07) is 7.86. The molecule has 0 spiro atoms. The Balaban J connectivity index is 1.66. The zero-order valence-electron chi connectivity index (χ0n) is 13.3. The quantitative estimate of drug-likeness (QED) is 0.847. The van der Waals surface area contributed by atoms with Crippen LogP contribution in [0.3, 0.4) is 0 Å². The van der Waals surface area contributed by atoms with Gasteiger partial charge in [-0.1, -0.05) is 23.4 Å². The van der Waals surface area contributed by atoms with Crippen LogP contribution < -0.4 is 4.74 Å². The molecule has 0 unspecified atom stereocenters. The number of likely N-dealkylation sites (tertiary alicyclic amines) is 1. The largest absolute Gasteiger partial charge is 0.490 e. The topological polar surface area (TPSA) is 64.8 Å². The molecule has 3 rings (SSSR count). The van der Waals surface area contributed by atoms with Crippen molar-refractivity contribution in [2.45, 2.75) is 18.9 Å². The molecule has 1 aromatic carbocycles. The first-order chi connectivity index (χ1) is 11.1. The van der Waals surface area contributed by atoms with E-state index in [0.29, 0.717) is 25.3 Å². The predicted molar refractivity (Wildman–Crippen MR) is 83.4 cm³/mol. The summed E-state index contributed by atoms with van der Waals surface area (Å²) < 4.78 is 16.4. The summed E-state index contributed by atoms with van der Waals surface area (Å²) in [5.74, 6) is 0.744. The SMILES string of the molecule is CO[C@@]1(COc2ccccc2C)CCN(C(=O)c2cnoc2)C1. The van der Waals surface area contributed by atoms with E-state index in [-0.39, 0.29) is 5.91 Å².